The highest BCUT2D eigenvalue weighted by molar-refractivity contribution is 7.11. The van der Waals surface area contributed by atoms with Crippen LogP contribution in [0, 0.1) is 13.8 Å². The smallest absolute Gasteiger partial charge is 0.317 e. The number of carbonyl (C=O) groups is 1. The Balaban J connectivity index is 1.99. The molecule has 1 aromatic rings. The highest BCUT2D eigenvalue weighted by atomic mass is 32.1. The summed E-state index contributed by atoms with van der Waals surface area (Å²) >= 11 is 1.69. The molecule has 19 heavy (non-hydrogen) atoms. The van der Waals surface area contributed by atoms with Crippen LogP contribution in [0.4, 0.5) is 4.79 Å². The zero-order valence-electron chi connectivity index (χ0n) is 12.2. The van der Waals surface area contributed by atoms with Crippen molar-refractivity contribution in [3.05, 3.63) is 15.6 Å². The maximum absolute atomic E-state index is 12.2. The largest absolute Gasteiger partial charge is 0.335 e. The predicted molar refractivity (Wildman–Crippen MR) is 78.6 cm³/mol. The minimum Gasteiger partial charge on any atom is -0.335 e. The van der Waals surface area contributed by atoms with Gasteiger partial charge in [0.05, 0.1) is 16.7 Å². The van der Waals surface area contributed by atoms with Crippen molar-refractivity contribution in [1.29, 1.82) is 0 Å². The maximum atomic E-state index is 12.2. The Morgan fingerprint density at radius 1 is 1.42 bits per heavy atom. The highest BCUT2D eigenvalue weighted by Crippen LogP contribution is 2.26. The molecule has 4 nitrogen and oxygen atoms in total. The number of aromatic nitrogens is 1. The van der Waals surface area contributed by atoms with Crippen LogP contribution in [0.25, 0.3) is 0 Å². The normalized spacial score (nSPS) is 17.5. The number of aryl methyl sites for hydroxylation is 2. The Bertz CT molecular complexity index is 452. The number of thiazole rings is 1. The SMILES string of the molecule is Cc1nc(C(C)N(C)C(=O)NC2CCCC2)c(C)s1. The maximum Gasteiger partial charge on any atom is 0.317 e. The first kappa shape index (κ1) is 14.3. The summed E-state index contributed by atoms with van der Waals surface area (Å²) in [5.41, 5.74) is 1.02. The summed E-state index contributed by atoms with van der Waals surface area (Å²) in [6.07, 6.45) is 4.69. The van der Waals surface area contributed by atoms with Gasteiger partial charge in [0.25, 0.3) is 0 Å². The summed E-state index contributed by atoms with van der Waals surface area (Å²) < 4.78 is 0. The van der Waals surface area contributed by atoms with E-state index >= 15 is 0 Å². The number of rotatable bonds is 3. The van der Waals surface area contributed by atoms with Gasteiger partial charge in [-0.3, -0.25) is 0 Å². The van der Waals surface area contributed by atoms with Crippen molar-refractivity contribution in [3.63, 3.8) is 0 Å². The number of amides is 2. The van der Waals surface area contributed by atoms with Crippen molar-refractivity contribution in [1.82, 2.24) is 15.2 Å². The molecule has 2 amide bonds. The first-order valence-electron chi connectivity index (χ1n) is 6.96. The van der Waals surface area contributed by atoms with E-state index in [4.69, 9.17) is 0 Å². The molecule has 106 valence electrons. The third-order valence-electron chi connectivity index (χ3n) is 3.92. The number of nitrogens with one attached hydrogen (secondary N) is 1. The summed E-state index contributed by atoms with van der Waals surface area (Å²) in [6.45, 7) is 6.11. The van der Waals surface area contributed by atoms with E-state index in [1.54, 1.807) is 16.2 Å². The van der Waals surface area contributed by atoms with E-state index in [2.05, 4.69) is 17.2 Å². The van der Waals surface area contributed by atoms with Gasteiger partial charge in [0.1, 0.15) is 0 Å². The van der Waals surface area contributed by atoms with Crippen LogP contribution < -0.4 is 5.32 Å². The summed E-state index contributed by atoms with van der Waals surface area (Å²) in [4.78, 5) is 19.7. The molecule has 1 saturated carbocycles. The molecule has 1 atom stereocenters. The lowest BCUT2D eigenvalue weighted by atomic mass is 10.2. The summed E-state index contributed by atoms with van der Waals surface area (Å²) in [6, 6.07) is 0.399. The van der Waals surface area contributed by atoms with Crippen LogP contribution in [0.2, 0.25) is 0 Å². The summed E-state index contributed by atoms with van der Waals surface area (Å²) in [7, 11) is 1.85. The van der Waals surface area contributed by atoms with E-state index in [-0.39, 0.29) is 12.1 Å². The van der Waals surface area contributed by atoms with Crippen molar-refractivity contribution < 1.29 is 4.79 Å². The molecule has 0 saturated heterocycles. The fourth-order valence-corrected chi connectivity index (χ4v) is 3.55. The zero-order valence-corrected chi connectivity index (χ0v) is 13.0. The number of carbonyl (C=O) groups excluding carboxylic acids is 1. The first-order valence-corrected chi connectivity index (χ1v) is 7.78. The highest BCUT2D eigenvalue weighted by Gasteiger charge is 2.24. The molecule has 0 radical (unpaired) electrons. The topological polar surface area (TPSA) is 45.2 Å². The lowest BCUT2D eigenvalue weighted by Gasteiger charge is -2.26. The second-order valence-corrected chi connectivity index (χ2v) is 6.80. The molecule has 0 aliphatic heterocycles. The van der Waals surface area contributed by atoms with Gasteiger partial charge in [-0.15, -0.1) is 11.3 Å². The number of hydrogen-bond donors (Lipinski definition) is 1. The van der Waals surface area contributed by atoms with Crippen LogP contribution in [0.15, 0.2) is 0 Å². The van der Waals surface area contributed by atoms with Gasteiger partial charge in [0.2, 0.25) is 0 Å². The second kappa shape index (κ2) is 5.90. The predicted octanol–water partition coefficient (Wildman–Crippen LogP) is 3.40. The molecule has 1 fully saturated rings. The fraction of sp³-hybridized carbons (Fsp3) is 0.714. The van der Waals surface area contributed by atoms with E-state index in [1.165, 1.54) is 17.7 Å². The standard InChI is InChI=1S/C14H23N3OS/c1-9(13-10(2)19-11(3)15-13)17(4)14(18)16-12-7-5-6-8-12/h9,12H,5-8H2,1-4H3,(H,16,18). The van der Waals surface area contributed by atoms with E-state index in [0.29, 0.717) is 6.04 Å². The van der Waals surface area contributed by atoms with Gasteiger partial charge in [-0.2, -0.15) is 0 Å². The van der Waals surface area contributed by atoms with Crippen LogP contribution in [-0.2, 0) is 0 Å². The quantitative estimate of drug-likeness (QED) is 0.923. The van der Waals surface area contributed by atoms with E-state index in [0.717, 1.165) is 23.5 Å². The molecule has 0 bridgehead atoms. The van der Waals surface area contributed by atoms with Gasteiger partial charge in [-0.05, 0) is 33.6 Å². The minimum absolute atomic E-state index is 0.0180. The number of nitrogens with zero attached hydrogens (tertiary/aromatic N) is 2. The molecule has 1 N–H and O–H groups in total. The van der Waals surface area contributed by atoms with Crippen LogP contribution in [-0.4, -0.2) is 29.0 Å². The molecule has 0 aromatic carbocycles. The van der Waals surface area contributed by atoms with E-state index in [9.17, 15) is 4.79 Å². The van der Waals surface area contributed by atoms with E-state index < -0.39 is 0 Å². The molecule has 1 aliphatic rings. The fourth-order valence-electron chi connectivity index (χ4n) is 2.64. The van der Waals surface area contributed by atoms with Crippen molar-refractivity contribution in [2.24, 2.45) is 0 Å². The average Bonchev–Trinajstić information content (AvgIpc) is 2.97. The summed E-state index contributed by atoms with van der Waals surface area (Å²) in [5.74, 6) is 0. The molecular formula is C14H23N3OS. The Labute approximate surface area is 119 Å². The lowest BCUT2D eigenvalue weighted by Crippen LogP contribution is -2.43. The van der Waals surface area contributed by atoms with E-state index in [1.807, 2.05) is 20.9 Å². The third-order valence-corrected chi connectivity index (χ3v) is 4.82. The van der Waals surface area contributed by atoms with Crippen molar-refractivity contribution in [2.75, 3.05) is 7.05 Å². The molecule has 2 rings (SSSR count). The van der Waals surface area contributed by atoms with Gasteiger partial charge >= 0.3 is 6.03 Å². The van der Waals surface area contributed by atoms with Crippen LogP contribution >= 0.6 is 11.3 Å². The third kappa shape index (κ3) is 3.26. The monoisotopic (exact) mass is 281 g/mol. The molecule has 1 aromatic heterocycles. The second-order valence-electron chi connectivity index (χ2n) is 5.39. The van der Waals surface area contributed by atoms with Gasteiger partial charge in [-0.1, -0.05) is 12.8 Å². The molecule has 0 spiro atoms. The summed E-state index contributed by atoms with van der Waals surface area (Å²) in [5, 5.41) is 4.18. The molecule has 1 heterocycles. The Kier molecular flexibility index (Phi) is 4.45. The Morgan fingerprint density at radius 2 is 2.05 bits per heavy atom. The van der Waals surface area contributed by atoms with Crippen molar-refractivity contribution in [3.8, 4) is 0 Å². The van der Waals surface area contributed by atoms with Gasteiger partial charge in [0.15, 0.2) is 0 Å². The number of urea groups is 1. The first-order chi connectivity index (χ1) is 8.99. The van der Waals surface area contributed by atoms with Gasteiger partial charge in [0, 0.05) is 18.0 Å². The van der Waals surface area contributed by atoms with Gasteiger partial charge in [-0.25, -0.2) is 9.78 Å². The molecule has 1 unspecified atom stereocenters. The van der Waals surface area contributed by atoms with Gasteiger partial charge < -0.3 is 10.2 Å². The Morgan fingerprint density at radius 3 is 2.58 bits per heavy atom. The average molecular weight is 281 g/mol. The Hall–Kier alpha value is -1.10. The van der Waals surface area contributed by atoms with Crippen LogP contribution in [0.3, 0.4) is 0 Å². The van der Waals surface area contributed by atoms with Crippen molar-refractivity contribution in [2.45, 2.75) is 58.5 Å². The van der Waals surface area contributed by atoms with Crippen molar-refractivity contribution >= 4 is 17.4 Å². The molecule has 1 aliphatic carbocycles. The zero-order chi connectivity index (χ0) is 14.0. The minimum atomic E-state index is 0.0180. The van der Waals surface area contributed by atoms with Crippen LogP contribution in [0.1, 0.15) is 54.2 Å². The van der Waals surface area contributed by atoms with Crippen LogP contribution in [0.5, 0.6) is 0 Å². The number of hydrogen-bond acceptors (Lipinski definition) is 3. The molecule has 5 heteroatoms. The molecular weight excluding hydrogens is 258 g/mol. The lowest BCUT2D eigenvalue weighted by molar-refractivity contribution is 0.189.